The molecule has 0 bridgehead atoms. The monoisotopic (exact) mass is 626 g/mol. The van der Waals surface area contributed by atoms with Gasteiger partial charge in [0.1, 0.15) is 0 Å². The Kier molecular flexibility index (Phi) is 10.7. The van der Waals surface area contributed by atoms with Gasteiger partial charge < -0.3 is 15.5 Å². The Morgan fingerprint density at radius 1 is 0.756 bits per heavy atom. The number of nitrogens with one attached hydrogen (secondary N) is 1. The number of carbonyl (C=O) groups is 1. The molecular weight excluding hydrogens is 554 g/mol. The molecule has 10 atom stereocenters. The van der Waals surface area contributed by atoms with Crippen molar-refractivity contribution in [2.45, 2.75) is 170 Å². The molecule has 3 N–H and O–H groups in total. The van der Waals surface area contributed by atoms with Crippen LogP contribution < -0.4 is 5.32 Å². The number of carboxylic acid groups (broad SMARTS) is 1. The molecule has 5 saturated carbocycles. The number of unbranched alkanes of at least 4 members (excludes halogenated alkanes) is 7. The molecule has 0 radical (unpaired) electrons. The number of fused-ring (bicyclic) bond motifs is 7. The van der Waals surface area contributed by atoms with Crippen molar-refractivity contribution in [2.24, 2.45) is 56.7 Å². The maximum atomic E-state index is 11.1. The van der Waals surface area contributed by atoms with E-state index in [4.69, 9.17) is 5.11 Å². The predicted octanol–water partition coefficient (Wildman–Crippen LogP) is 10.2. The Labute approximate surface area is 277 Å². The van der Waals surface area contributed by atoms with E-state index in [1.165, 1.54) is 108 Å². The largest absolute Gasteiger partial charge is 0.481 e. The Morgan fingerprint density at radius 2 is 1.42 bits per heavy atom. The average Bonchev–Trinajstić information content (AvgIpc) is 3.36. The second kappa shape index (κ2) is 13.6. The van der Waals surface area contributed by atoms with E-state index in [0.717, 1.165) is 43.6 Å². The lowest BCUT2D eigenvalue weighted by molar-refractivity contribution is -0.247. The fourth-order valence-electron chi connectivity index (χ4n) is 13.5. The molecule has 0 amide bonds. The maximum Gasteiger partial charge on any atom is 0.303 e. The second-order valence-corrected chi connectivity index (χ2v) is 18.6. The first-order chi connectivity index (χ1) is 21.2. The molecule has 0 unspecified atom stereocenters. The topological polar surface area (TPSA) is 69.6 Å². The minimum atomic E-state index is -0.660. The molecule has 0 saturated heterocycles. The number of hydrogen-bond donors (Lipinski definition) is 3. The van der Waals surface area contributed by atoms with E-state index >= 15 is 0 Å². The van der Waals surface area contributed by atoms with E-state index in [1.54, 1.807) is 0 Å². The third-order valence-electron chi connectivity index (χ3n) is 16.2. The predicted molar refractivity (Wildman–Crippen MR) is 187 cm³/mol. The van der Waals surface area contributed by atoms with Gasteiger partial charge in [0.2, 0.25) is 0 Å². The van der Waals surface area contributed by atoms with Crippen LogP contribution in [0.4, 0.5) is 0 Å². The Morgan fingerprint density at radius 3 is 2.09 bits per heavy atom. The molecule has 0 spiro atoms. The molecule has 0 aliphatic heterocycles. The van der Waals surface area contributed by atoms with Crippen LogP contribution in [0.2, 0.25) is 0 Å². The molecular formula is C41H71NO3. The number of aliphatic carboxylic acids is 1. The van der Waals surface area contributed by atoms with E-state index in [9.17, 15) is 9.90 Å². The number of rotatable bonds is 14. The van der Waals surface area contributed by atoms with E-state index in [1.807, 2.05) is 0 Å². The zero-order chi connectivity index (χ0) is 32.7. The number of carboxylic acids is 1. The highest BCUT2D eigenvalue weighted by atomic mass is 16.4. The molecule has 5 aliphatic carbocycles. The first-order valence-corrected chi connectivity index (χ1v) is 19.5. The molecule has 258 valence electrons. The van der Waals surface area contributed by atoms with Crippen molar-refractivity contribution in [3.05, 3.63) is 12.2 Å². The van der Waals surface area contributed by atoms with Crippen molar-refractivity contribution in [1.82, 2.24) is 5.32 Å². The SMILES string of the molecule is C=C(C)[C@@H]1CC[C@]2(CNCCCCCCCCCCC(=O)O)CC[C@]3(C)[C@H](CC[C@@H]4[C@@]5(C)CC[C@H](O)C(C)(C)[C@@H]5CC[C@]43C)[C@@H]12. The first-order valence-electron chi connectivity index (χ1n) is 19.5. The second-order valence-electron chi connectivity index (χ2n) is 18.6. The quantitative estimate of drug-likeness (QED) is 0.133. The molecule has 0 aromatic carbocycles. The van der Waals surface area contributed by atoms with Gasteiger partial charge >= 0.3 is 5.97 Å². The number of hydrogen-bond acceptors (Lipinski definition) is 3. The zero-order valence-electron chi connectivity index (χ0n) is 30.3. The third kappa shape index (κ3) is 6.24. The van der Waals surface area contributed by atoms with Gasteiger partial charge in [-0.05, 0) is 147 Å². The summed E-state index contributed by atoms with van der Waals surface area (Å²) in [7, 11) is 0. The summed E-state index contributed by atoms with van der Waals surface area (Å²) in [6.07, 6.45) is 22.8. The Hall–Kier alpha value is -0.870. The van der Waals surface area contributed by atoms with Crippen LogP contribution in [0.5, 0.6) is 0 Å². The van der Waals surface area contributed by atoms with Gasteiger partial charge in [-0.15, -0.1) is 0 Å². The van der Waals surface area contributed by atoms with E-state index in [-0.39, 0.29) is 11.5 Å². The molecule has 0 heterocycles. The van der Waals surface area contributed by atoms with Crippen LogP contribution in [-0.2, 0) is 4.79 Å². The van der Waals surface area contributed by atoms with Crippen molar-refractivity contribution in [3.8, 4) is 0 Å². The van der Waals surface area contributed by atoms with Gasteiger partial charge in [0.25, 0.3) is 0 Å². The fraction of sp³-hybridized carbons (Fsp3) is 0.927. The van der Waals surface area contributed by atoms with Gasteiger partial charge in [0.05, 0.1) is 6.10 Å². The molecule has 0 aromatic rings. The smallest absolute Gasteiger partial charge is 0.303 e. The summed E-state index contributed by atoms with van der Waals surface area (Å²) in [5.41, 5.74) is 3.04. The lowest BCUT2D eigenvalue weighted by Gasteiger charge is -2.73. The van der Waals surface area contributed by atoms with Gasteiger partial charge in [-0.1, -0.05) is 85.3 Å². The summed E-state index contributed by atoms with van der Waals surface area (Å²) < 4.78 is 0. The summed E-state index contributed by atoms with van der Waals surface area (Å²) in [5.74, 6) is 3.01. The highest BCUT2D eigenvalue weighted by Crippen LogP contribution is 2.77. The molecule has 5 aliphatic rings. The molecule has 0 aromatic heterocycles. The fourth-order valence-corrected chi connectivity index (χ4v) is 13.5. The summed E-state index contributed by atoms with van der Waals surface area (Å²) in [6.45, 7) is 22.2. The van der Waals surface area contributed by atoms with Gasteiger partial charge in [0, 0.05) is 13.0 Å². The van der Waals surface area contributed by atoms with Crippen molar-refractivity contribution in [3.63, 3.8) is 0 Å². The van der Waals surface area contributed by atoms with Gasteiger partial charge in [-0.3, -0.25) is 4.79 Å². The molecule has 4 nitrogen and oxygen atoms in total. The normalized spacial score (nSPS) is 43.5. The van der Waals surface area contributed by atoms with E-state index < -0.39 is 5.97 Å². The highest BCUT2D eigenvalue weighted by Gasteiger charge is 2.70. The van der Waals surface area contributed by atoms with Crippen molar-refractivity contribution >= 4 is 5.97 Å². The minimum Gasteiger partial charge on any atom is -0.481 e. The highest BCUT2D eigenvalue weighted by molar-refractivity contribution is 5.66. The van der Waals surface area contributed by atoms with Crippen molar-refractivity contribution in [1.29, 1.82) is 0 Å². The Balaban J connectivity index is 1.21. The number of aliphatic hydroxyl groups excluding tert-OH is 1. The summed E-state index contributed by atoms with van der Waals surface area (Å²) in [4.78, 5) is 10.7. The van der Waals surface area contributed by atoms with Gasteiger partial charge in [-0.25, -0.2) is 0 Å². The lowest BCUT2D eigenvalue weighted by atomic mass is 9.32. The van der Waals surface area contributed by atoms with E-state index in [2.05, 4.69) is 53.4 Å². The molecule has 5 fully saturated rings. The van der Waals surface area contributed by atoms with Crippen molar-refractivity contribution < 1.29 is 15.0 Å². The molecule has 5 rings (SSSR count). The number of aliphatic hydroxyl groups is 1. The van der Waals surface area contributed by atoms with Crippen LogP contribution in [0.1, 0.15) is 164 Å². The average molecular weight is 626 g/mol. The zero-order valence-corrected chi connectivity index (χ0v) is 30.3. The minimum absolute atomic E-state index is 0.0271. The summed E-state index contributed by atoms with van der Waals surface area (Å²) in [5, 5.41) is 23.9. The maximum absolute atomic E-state index is 11.1. The Bertz CT molecular complexity index is 1050. The van der Waals surface area contributed by atoms with Crippen LogP contribution in [0.3, 0.4) is 0 Å². The number of allylic oxidation sites excluding steroid dienone is 1. The van der Waals surface area contributed by atoms with Gasteiger partial charge in [-0.2, -0.15) is 0 Å². The standard InChI is InChI=1S/C41H71NO3/c1-29(2)30-19-24-41(28-42-27-15-13-11-9-8-10-12-14-16-35(44)45)26-25-39(6)31(36(30)41)17-18-33-38(5)22-21-34(43)37(3,4)32(38)20-23-40(33,39)7/h30-34,36,42-43H,1,8-28H2,2-7H3,(H,44,45)/t30-,31+,32-,33+,34-,36+,38-,39+,40+,41+/m0/s1. The third-order valence-corrected chi connectivity index (χ3v) is 16.2. The van der Waals surface area contributed by atoms with Crippen LogP contribution in [0, 0.1) is 56.7 Å². The first kappa shape index (κ1) is 35.4. The van der Waals surface area contributed by atoms with Crippen LogP contribution >= 0.6 is 0 Å². The van der Waals surface area contributed by atoms with Crippen LogP contribution in [0.25, 0.3) is 0 Å². The van der Waals surface area contributed by atoms with E-state index in [0.29, 0.717) is 39.9 Å². The van der Waals surface area contributed by atoms with Crippen molar-refractivity contribution in [2.75, 3.05) is 13.1 Å². The summed E-state index contributed by atoms with van der Waals surface area (Å²) >= 11 is 0. The van der Waals surface area contributed by atoms with Gasteiger partial charge in [0.15, 0.2) is 0 Å². The lowest BCUT2D eigenvalue weighted by Crippen LogP contribution is -2.67. The van der Waals surface area contributed by atoms with Crippen LogP contribution in [0.15, 0.2) is 12.2 Å². The molecule has 45 heavy (non-hydrogen) atoms. The van der Waals surface area contributed by atoms with Crippen LogP contribution in [-0.4, -0.2) is 35.4 Å². The summed E-state index contributed by atoms with van der Waals surface area (Å²) in [6, 6.07) is 0. The molecule has 4 heteroatoms.